The van der Waals surface area contributed by atoms with Crippen molar-refractivity contribution in [2.45, 2.75) is 83.7 Å². The first kappa shape index (κ1) is 31.2. The molecule has 8 atom stereocenters. The van der Waals surface area contributed by atoms with Gasteiger partial charge in [-0.05, 0) is 43.1 Å². The number of carbonyl (C=O) groups is 2. The van der Waals surface area contributed by atoms with Gasteiger partial charge in [-0.3, -0.25) is 18.7 Å². The summed E-state index contributed by atoms with van der Waals surface area (Å²) in [4.78, 5) is 23.1. The van der Waals surface area contributed by atoms with Crippen LogP contribution in [0.1, 0.15) is 59.3 Å². The van der Waals surface area contributed by atoms with Crippen LogP contribution in [0.15, 0.2) is 23.8 Å². The maximum absolute atomic E-state index is 12.4. The SMILES string of the molecule is CC[C@H](C)C(=O)O[C@H]1C[C@H](O)C=C2C=C[C@H](C)[C@H](CC[C@@H](O)CC(O)CC(=O)O)[C@H]21.O=S(=O)(O)O. The summed E-state index contributed by atoms with van der Waals surface area (Å²) in [5.74, 6) is -1.31. The number of aliphatic hydroxyl groups excluding tert-OH is 3. The van der Waals surface area contributed by atoms with Crippen LogP contribution in [0, 0.1) is 23.7 Å². The molecule has 35 heavy (non-hydrogen) atoms. The van der Waals surface area contributed by atoms with Crippen molar-refractivity contribution < 1.29 is 52.3 Å². The molecule has 0 saturated carbocycles. The van der Waals surface area contributed by atoms with Gasteiger partial charge >= 0.3 is 22.3 Å². The molecule has 0 aliphatic heterocycles. The van der Waals surface area contributed by atoms with Crippen molar-refractivity contribution >= 4 is 22.3 Å². The van der Waals surface area contributed by atoms with Gasteiger partial charge in [-0.25, -0.2) is 0 Å². The molecule has 0 aromatic rings. The Morgan fingerprint density at radius 1 is 1.20 bits per heavy atom. The lowest BCUT2D eigenvalue weighted by Crippen LogP contribution is -2.43. The van der Waals surface area contributed by atoms with Crippen LogP contribution >= 0.6 is 0 Å². The number of hydrogen-bond acceptors (Lipinski definition) is 8. The first-order valence-electron chi connectivity index (χ1n) is 11.7. The number of allylic oxidation sites excluding steroid dienone is 2. The largest absolute Gasteiger partial charge is 0.481 e. The smallest absolute Gasteiger partial charge is 0.394 e. The van der Waals surface area contributed by atoms with E-state index in [1.807, 2.05) is 26.0 Å². The van der Waals surface area contributed by atoms with Crippen molar-refractivity contribution in [1.82, 2.24) is 0 Å². The lowest BCUT2D eigenvalue weighted by atomic mass is 9.66. The second kappa shape index (κ2) is 14.0. The molecule has 0 aromatic carbocycles. The van der Waals surface area contributed by atoms with Crippen LogP contribution in [-0.4, -0.2) is 74.3 Å². The zero-order valence-electron chi connectivity index (χ0n) is 20.2. The number of ether oxygens (including phenoxy) is 1. The number of rotatable bonds is 10. The van der Waals surface area contributed by atoms with E-state index in [-0.39, 0.29) is 42.5 Å². The van der Waals surface area contributed by atoms with Crippen molar-refractivity contribution in [3.8, 4) is 0 Å². The van der Waals surface area contributed by atoms with Crippen LogP contribution in [0.3, 0.4) is 0 Å². The second-order valence-electron chi connectivity index (χ2n) is 9.33. The van der Waals surface area contributed by atoms with Crippen LogP contribution in [0.2, 0.25) is 0 Å². The number of aliphatic carboxylic acids is 1. The minimum Gasteiger partial charge on any atom is -0.481 e. The Labute approximate surface area is 206 Å². The highest BCUT2D eigenvalue weighted by molar-refractivity contribution is 7.79. The summed E-state index contributed by atoms with van der Waals surface area (Å²) in [6, 6.07) is 0. The summed E-state index contributed by atoms with van der Waals surface area (Å²) in [6.45, 7) is 5.85. The Hall–Kier alpha value is -1.83. The molecule has 0 amide bonds. The summed E-state index contributed by atoms with van der Waals surface area (Å²) >= 11 is 0. The molecule has 12 heteroatoms. The molecule has 0 bridgehead atoms. The first-order chi connectivity index (χ1) is 16.1. The maximum Gasteiger partial charge on any atom is 0.394 e. The maximum atomic E-state index is 12.4. The van der Waals surface area contributed by atoms with E-state index in [2.05, 4.69) is 13.0 Å². The zero-order chi connectivity index (χ0) is 26.9. The summed E-state index contributed by atoms with van der Waals surface area (Å²) in [6.07, 6.45) is 4.64. The third kappa shape index (κ3) is 11.6. The van der Waals surface area contributed by atoms with Gasteiger partial charge in [0.2, 0.25) is 0 Å². The van der Waals surface area contributed by atoms with Gasteiger partial charge in [0.1, 0.15) is 6.10 Å². The van der Waals surface area contributed by atoms with Crippen molar-refractivity contribution in [2.24, 2.45) is 23.7 Å². The zero-order valence-corrected chi connectivity index (χ0v) is 21.0. The number of carboxylic acid groups (broad SMARTS) is 1. The average Bonchev–Trinajstić information content (AvgIpc) is 2.70. The van der Waals surface area contributed by atoms with Gasteiger partial charge in [0, 0.05) is 12.3 Å². The highest BCUT2D eigenvalue weighted by Crippen LogP contribution is 2.44. The Morgan fingerprint density at radius 3 is 2.34 bits per heavy atom. The van der Waals surface area contributed by atoms with Gasteiger partial charge < -0.3 is 25.2 Å². The molecule has 0 fully saturated rings. The van der Waals surface area contributed by atoms with Crippen LogP contribution < -0.4 is 0 Å². The van der Waals surface area contributed by atoms with Gasteiger partial charge in [0.15, 0.2) is 0 Å². The molecule has 0 heterocycles. The molecule has 6 N–H and O–H groups in total. The van der Waals surface area contributed by atoms with Crippen molar-refractivity contribution in [3.63, 3.8) is 0 Å². The molecular weight excluding hydrogens is 484 g/mol. The molecular formula is C23H38O11S. The highest BCUT2D eigenvalue weighted by Gasteiger charge is 2.42. The fourth-order valence-corrected chi connectivity index (χ4v) is 4.52. The van der Waals surface area contributed by atoms with Crippen LogP contribution in [0.5, 0.6) is 0 Å². The molecule has 2 rings (SSSR count). The molecule has 1 unspecified atom stereocenters. The van der Waals surface area contributed by atoms with E-state index in [0.717, 1.165) is 5.57 Å². The topological polar surface area (TPSA) is 199 Å². The molecule has 0 saturated heterocycles. The lowest BCUT2D eigenvalue weighted by molar-refractivity contribution is -0.159. The first-order valence-corrected chi connectivity index (χ1v) is 13.1. The summed E-state index contributed by atoms with van der Waals surface area (Å²) in [5, 5.41) is 39.1. The third-order valence-corrected chi connectivity index (χ3v) is 6.44. The summed E-state index contributed by atoms with van der Waals surface area (Å²) in [7, 11) is -4.67. The minimum absolute atomic E-state index is 0.0156. The van der Waals surface area contributed by atoms with Crippen LogP contribution in [-0.2, 0) is 24.7 Å². The predicted molar refractivity (Wildman–Crippen MR) is 126 cm³/mol. The van der Waals surface area contributed by atoms with E-state index in [0.29, 0.717) is 25.7 Å². The lowest BCUT2D eigenvalue weighted by Gasteiger charge is -2.43. The fraction of sp³-hybridized carbons (Fsp3) is 0.739. The number of carboxylic acids is 1. The quantitative estimate of drug-likeness (QED) is 0.180. The van der Waals surface area contributed by atoms with Gasteiger partial charge in [-0.1, -0.05) is 39.0 Å². The van der Waals surface area contributed by atoms with Crippen molar-refractivity contribution in [3.05, 3.63) is 23.8 Å². The van der Waals surface area contributed by atoms with E-state index in [1.54, 1.807) is 0 Å². The number of carbonyl (C=O) groups excluding carboxylic acids is 1. The monoisotopic (exact) mass is 522 g/mol. The number of aliphatic hydroxyl groups is 3. The van der Waals surface area contributed by atoms with E-state index >= 15 is 0 Å². The standard InChI is InChI=1S/C23H36O7.H2O4S/c1-4-13(2)23(29)30-20-11-17(25)9-15-6-5-14(3)19(22(15)20)8-7-16(24)10-18(26)12-21(27)28;1-5(2,3)4/h5-6,9,13-14,16-20,22,24-26H,4,7-8,10-12H2,1-3H3,(H,27,28);(H2,1,2,3,4)/t13-,14-,16+,17+,18?,19-,20-,22-;/m0./s1. The Morgan fingerprint density at radius 2 is 1.80 bits per heavy atom. The van der Waals surface area contributed by atoms with E-state index in [1.165, 1.54) is 0 Å². The number of hydrogen-bond donors (Lipinski definition) is 6. The number of esters is 1. The normalized spacial score (nSPS) is 28.5. The summed E-state index contributed by atoms with van der Waals surface area (Å²) in [5.41, 5.74) is 0.958. The molecule has 0 aromatic heterocycles. The van der Waals surface area contributed by atoms with Crippen molar-refractivity contribution in [2.75, 3.05) is 0 Å². The Kier molecular flexibility index (Phi) is 12.5. The van der Waals surface area contributed by atoms with E-state index < -0.39 is 40.8 Å². The van der Waals surface area contributed by atoms with E-state index in [9.17, 15) is 24.9 Å². The predicted octanol–water partition coefficient (Wildman–Crippen LogP) is 1.79. The minimum atomic E-state index is -4.67. The Bertz CT molecular complexity index is 859. The highest BCUT2D eigenvalue weighted by atomic mass is 32.3. The molecule has 0 spiro atoms. The Balaban J connectivity index is 0.00000111. The third-order valence-electron chi connectivity index (χ3n) is 6.44. The van der Waals surface area contributed by atoms with Gasteiger partial charge in [0.05, 0.1) is 30.7 Å². The average molecular weight is 523 g/mol. The molecule has 11 nitrogen and oxygen atoms in total. The molecule has 0 radical (unpaired) electrons. The molecule has 2 aliphatic carbocycles. The van der Waals surface area contributed by atoms with Gasteiger partial charge in [-0.15, -0.1) is 0 Å². The molecule has 2 aliphatic rings. The fourth-order valence-electron chi connectivity index (χ4n) is 4.52. The number of fused-ring (bicyclic) bond motifs is 1. The van der Waals surface area contributed by atoms with Gasteiger partial charge in [-0.2, -0.15) is 8.42 Å². The second-order valence-corrected chi connectivity index (χ2v) is 10.2. The summed E-state index contributed by atoms with van der Waals surface area (Å²) < 4.78 is 37.4. The van der Waals surface area contributed by atoms with Gasteiger partial charge in [0.25, 0.3) is 0 Å². The molecule has 202 valence electrons. The van der Waals surface area contributed by atoms with E-state index in [4.69, 9.17) is 27.4 Å². The van der Waals surface area contributed by atoms with Crippen LogP contribution in [0.25, 0.3) is 0 Å². The van der Waals surface area contributed by atoms with Crippen molar-refractivity contribution in [1.29, 1.82) is 0 Å². The van der Waals surface area contributed by atoms with Crippen LogP contribution in [0.4, 0.5) is 0 Å².